The van der Waals surface area contributed by atoms with E-state index in [0.717, 1.165) is 153 Å². The Hall–Kier alpha value is -3.47. The van der Waals surface area contributed by atoms with Crippen LogP contribution in [0.1, 0.15) is 111 Å². The number of nitrogens with zero attached hydrogens (tertiary/aromatic N) is 7. The van der Waals surface area contributed by atoms with Crippen molar-refractivity contribution in [3.8, 4) is 0 Å². The molecule has 69 heavy (non-hydrogen) atoms. The summed E-state index contributed by atoms with van der Waals surface area (Å²) in [5.74, 6) is 0.671. The van der Waals surface area contributed by atoms with Crippen LogP contribution < -0.4 is 21.1 Å². The molecule has 0 unspecified atom stereocenters. The van der Waals surface area contributed by atoms with Gasteiger partial charge in [0.25, 0.3) is 29.4 Å². The van der Waals surface area contributed by atoms with Crippen molar-refractivity contribution in [2.75, 3.05) is 69.6 Å². The molecule has 21 heteroatoms. The van der Waals surface area contributed by atoms with E-state index in [-0.39, 0.29) is 11.9 Å². The monoisotopic (exact) mass is 1030 g/mol. The van der Waals surface area contributed by atoms with E-state index >= 15 is 0 Å². The molecule has 4 aliphatic rings. The second-order valence-corrected chi connectivity index (χ2v) is 29.4. The first-order valence-corrected chi connectivity index (χ1v) is 32.9. The number of anilines is 4. The Morgan fingerprint density at radius 3 is 1.70 bits per heavy atom. The average molecular weight is 1030 g/mol. The Morgan fingerprint density at radius 1 is 0.739 bits per heavy atom. The Kier molecular flexibility index (Phi) is 20.1. The number of rotatable bonds is 23. The maximum Gasteiger partial charge on any atom is 0.298 e. The number of ether oxygens (including phenoxy) is 1. The van der Waals surface area contributed by atoms with Crippen LogP contribution in [0, 0.1) is 0 Å². The molecule has 0 radical (unpaired) electrons. The minimum absolute atomic E-state index is 0.128. The predicted molar refractivity (Wildman–Crippen MR) is 280 cm³/mol. The van der Waals surface area contributed by atoms with Gasteiger partial charge >= 0.3 is 0 Å². The summed E-state index contributed by atoms with van der Waals surface area (Å²) < 4.78 is 58.7. The van der Waals surface area contributed by atoms with Gasteiger partial charge in [0.1, 0.15) is 6.73 Å². The molecule has 2 aromatic carbocycles. The first-order valence-electron chi connectivity index (χ1n) is 25.4. The lowest BCUT2D eigenvalue weighted by atomic mass is 9.99. The van der Waals surface area contributed by atoms with Gasteiger partial charge in [-0.05, 0) is 186 Å². The first-order chi connectivity index (χ1) is 33.0. The molecule has 0 bridgehead atoms. The summed E-state index contributed by atoms with van der Waals surface area (Å²) in [5.41, 5.74) is 18.5. The molecule has 0 fully saturated rings. The number of nitrogens with two attached hydrogens (primary N) is 1. The number of aromatic nitrogens is 6. The van der Waals surface area contributed by atoms with Crippen molar-refractivity contribution < 1.29 is 21.6 Å². The van der Waals surface area contributed by atoms with Gasteiger partial charge in [0, 0.05) is 43.3 Å². The molecule has 0 atom stereocenters. The fraction of sp³-hybridized carbons (Fsp3) is 0.667. The van der Waals surface area contributed by atoms with E-state index in [1.807, 2.05) is 0 Å². The summed E-state index contributed by atoms with van der Waals surface area (Å²) in [6.07, 6.45) is 15.0. The van der Waals surface area contributed by atoms with E-state index < -0.39 is 32.3 Å². The number of benzene rings is 2. The van der Waals surface area contributed by atoms with E-state index in [0.29, 0.717) is 25.0 Å². The second-order valence-electron chi connectivity index (χ2n) is 19.6. The number of H-pyrrole nitrogens is 1. The van der Waals surface area contributed by atoms with Gasteiger partial charge in [-0.25, -0.2) is 31.3 Å². The Morgan fingerprint density at radius 2 is 1.23 bits per heavy atom. The van der Waals surface area contributed by atoms with Crippen LogP contribution in [0.3, 0.4) is 0 Å². The summed E-state index contributed by atoms with van der Waals surface area (Å²) in [5, 5.41) is 17.1. The smallest absolute Gasteiger partial charge is 0.298 e. The van der Waals surface area contributed by atoms with E-state index in [9.17, 15) is 16.8 Å². The van der Waals surface area contributed by atoms with Crippen molar-refractivity contribution in [3.63, 3.8) is 0 Å². The SMILES string of the molecule is CCN(CC)CCCN.CCN(CC)CCCNS(=O)(=O)c1nc(Nc2c3c(cc4c2CCC4)CCC3)n[nH]1.C[Si](C)(C)CCOCn1nc(S(=O)(=O)Cl)nc1Nc1c2c(cc3c1CCC3)CCC2. The number of aryl methyl sites for hydroxylation is 4. The van der Waals surface area contributed by atoms with Gasteiger partial charge in [0.15, 0.2) is 0 Å². The van der Waals surface area contributed by atoms with Crippen molar-refractivity contribution in [3.05, 3.63) is 56.6 Å². The molecule has 2 heterocycles. The fourth-order valence-electron chi connectivity index (χ4n) is 9.69. The van der Waals surface area contributed by atoms with Crippen molar-refractivity contribution >= 4 is 61.1 Å². The van der Waals surface area contributed by atoms with E-state index in [2.05, 4.69) is 110 Å². The maximum absolute atomic E-state index is 12.6. The van der Waals surface area contributed by atoms with Crippen molar-refractivity contribution in [2.45, 2.75) is 160 Å². The number of halogens is 1. The molecular formula is C48H79ClN12O5S2Si. The van der Waals surface area contributed by atoms with Crippen LogP contribution >= 0.6 is 10.7 Å². The molecule has 6 N–H and O–H groups in total. The van der Waals surface area contributed by atoms with Gasteiger partial charge in [0.05, 0.1) is 0 Å². The van der Waals surface area contributed by atoms with Crippen LogP contribution in [0.2, 0.25) is 25.7 Å². The molecule has 4 aliphatic carbocycles. The van der Waals surface area contributed by atoms with Gasteiger partial charge in [-0.2, -0.15) is 9.97 Å². The average Bonchev–Trinajstić information content (AvgIpc) is 4.18. The molecule has 0 aliphatic heterocycles. The highest BCUT2D eigenvalue weighted by Gasteiger charge is 2.29. The number of sulfonamides is 1. The fourth-order valence-corrected chi connectivity index (χ4v) is 12.0. The third-order valence-electron chi connectivity index (χ3n) is 13.6. The lowest BCUT2D eigenvalue weighted by Crippen LogP contribution is -2.30. The van der Waals surface area contributed by atoms with Gasteiger partial charge in [-0.3, -0.25) is 0 Å². The molecule has 0 saturated carbocycles. The lowest BCUT2D eigenvalue weighted by Gasteiger charge is -2.18. The Labute approximate surface area is 417 Å². The highest BCUT2D eigenvalue weighted by Crippen LogP contribution is 2.41. The third-order valence-corrected chi connectivity index (χ3v) is 17.6. The molecule has 4 aromatic rings. The number of hydrogen-bond acceptors (Lipinski definition) is 14. The lowest BCUT2D eigenvalue weighted by molar-refractivity contribution is 0.0792. The van der Waals surface area contributed by atoms with Crippen LogP contribution in [-0.4, -0.2) is 124 Å². The summed E-state index contributed by atoms with van der Waals surface area (Å²) in [4.78, 5) is 13.1. The predicted octanol–water partition coefficient (Wildman–Crippen LogP) is 7.45. The molecule has 0 amide bonds. The van der Waals surface area contributed by atoms with Gasteiger partial charge < -0.3 is 30.9 Å². The standard InChI is InChI=1S/C21H32N6O2S.C20H29ClN4O3SSi.C7H18N2/c1-3-27(4-2)13-7-12-22-30(28,29)21-24-20(25-26-21)23-19-17-10-5-8-15(17)14-16-9-6-11-18(16)19;1-30(2,3)11-10-28-13-25-19(23-20(24-25)29(21,26)27)22-18-16-8-4-6-14(16)12-15-7-5-9-17(15)18;1-3-9(4-2)7-5-6-8/h14,22H,3-13H2,1-2H3,(H2,23,24,25,26);12H,4-11,13H2,1-3H3,(H,22,23,24);3-8H2,1-2H3. The van der Waals surface area contributed by atoms with E-state index in [1.165, 1.54) is 49.2 Å². The summed E-state index contributed by atoms with van der Waals surface area (Å²) in [6.45, 7) is 23.6. The quantitative estimate of drug-likeness (QED) is 0.0277. The molecule has 17 nitrogen and oxygen atoms in total. The summed E-state index contributed by atoms with van der Waals surface area (Å²) in [6, 6.07) is 5.74. The zero-order chi connectivity index (χ0) is 49.8. The third kappa shape index (κ3) is 15.0. The van der Waals surface area contributed by atoms with E-state index in [1.54, 1.807) is 0 Å². The molecule has 0 saturated heterocycles. The van der Waals surface area contributed by atoms with Crippen LogP contribution in [0.25, 0.3) is 0 Å². The largest absolute Gasteiger partial charge is 0.359 e. The normalized spacial score (nSPS) is 15.1. The minimum Gasteiger partial charge on any atom is -0.359 e. The van der Waals surface area contributed by atoms with Gasteiger partial charge in [-0.15, -0.1) is 10.2 Å². The number of fused-ring (bicyclic) bond motifs is 4. The van der Waals surface area contributed by atoms with Gasteiger partial charge in [-0.1, -0.05) is 59.5 Å². The summed E-state index contributed by atoms with van der Waals surface area (Å²) >= 11 is 0. The summed E-state index contributed by atoms with van der Waals surface area (Å²) in [7, 11) is -3.43. The van der Waals surface area contributed by atoms with Crippen molar-refractivity contribution in [2.24, 2.45) is 5.73 Å². The number of hydrogen-bond donors (Lipinski definition) is 5. The zero-order valence-corrected chi connectivity index (χ0v) is 45.7. The highest BCUT2D eigenvalue weighted by molar-refractivity contribution is 8.13. The van der Waals surface area contributed by atoms with E-state index in [4.69, 9.17) is 21.2 Å². The van der Waals surface area contributed by atoms with Crippen LogP contribution in [0.4, 0.5) is 23.3 Å². The molecule has 8 rings (SSSR count). The van der Waals surface area contributed by atoms with Crippen LogP contribution in [-0.2, 0) is 81.9 Å². The van der Waals surface area contributed by atoms with Crippen molar-refractivity contribution in [1.82, 2.24) is 44.5 Å². The Bertz CT molecular complexity index is 2480. The van der Waals surface area contributed by atoms with Crippen LogP contribution in [0.5, 0.6) is 0 Å². The number of nitrogens with one attached hydrogen (secondary N) is 4. The molecule has 2 aromatic heterocycles. The molecular weight excluding hydrogens is 952 g/mol. The zero-order valence-electron chi connectivity index (χ0n) is 42.3. The molecule has 384 valence electrons. The maximum atomic E-state index is 12.6. The molecule has 0 spiro atoms. The minimum atomic E-state index is -4.03. The Balaban J connectivity index is 0.000000193. The number of aromatic amines is 1. The second kappa shape index (κ2) is 25.3. The van der Waals surface area contributed by atoms with Crippen molar-refractivity contribution in [1.29, 1.82) is 0 Å². The topological polar surface area (TPSA) is 218 Å². The highest BCUT2D eigenvalue weighted by atomic mass is 35.7. The van der Waals surface area contributed by atoms with Gasteiger partial charge in [0.2, 0.25) is 11.9 Å². The van der Waals surface area contributed by atoms with Crippen LogP contribution in [0.15, 0.2) is 22.4 Å². The first kappa shape index (κ1) is 54.9.